The summed E-state index contributed by atoms with van der Waals surface area (Å²) in [5, 5.41) is 5.52. The largest absolute Gasteiger partial charge is 0.467 e. The van der Waals surface area contributed by atoms with Crippen molar-refractivity contribution in [3.8, 4) is 10.6 Å². The smallest absolute Gasteiger partial charge is 0.328 e. The van der Waals surface area contributed by atoms with E-state index in [4.69, 9.17) is 11.6 Å². The van der Waals surface area contributed by atoms with Gasteiger partial charge in [-0.15, -0.1) is 11.3 Å². The molecule has 0 radical (unpaired) electrons. The Labute approximate surface area is 130 Å². The van der Waals surface area contributed by atoms with Gasteiger partial charge in [0, 0.05) is 16.0 Å². The van der Waals surface area contributed by atoms with Crippen molar-refractivity contribution in [1.82, 2.24) is 10.3 Å². The molecule has 7 heteroatoms. The van der Waals surface area contributed by atoms with E-state index in [0.717, 1.165) is 5.56 Å². The number of hydrogen-bond donors (Lipinski definition) is 1. The fourth-order valence-corrected chi connectivity index (χ4v) is 2.54. The molecule has 5 nitrogen and oxygen atoms in total. The minimum absolute atomic E-state index is 0.265. The van der Waals surface area contributed by atoms with E-state index in [0.29, 0.717) is 10.0 Å². The molecule has 0 bridgehead atoms. The van der Waals surface area contributed by atoms with Crippen LogP contribution in [0.4, 0.5) is 0 Å². The van der Waals surface area contributed by atoms with Gasteiger partial charge in [-0.25, -0.2) is 9.78 Å². The highest BCUT2D eigenvalue weighted by Gasteiger charge is 2.19. The van der Waals surface area contributed by atoms with E-state index in [9.17, 15) is 9.59 Å². The third-order valence-electron chi connectivity index (χ3n) is 2.73. The molecule has 2 rings (SSSR count). The Bertz CT molecular complexity index is 654. The molecule has 1 aromatic carbocycles. The first kappa shape index (κ1) is 15.5. The SMILES string of the molecule is COC(=O)[C@H](C)NC(=O)c1csc(-c2ccc(Cl)cc2)n1. The molecule has 0 unspecified atom stereocenters. The van der Waals surface area contributed by atoms with Crippen molar-refractivity contribution in [2.45, 2.75) is 13.0 Å². The average Bonchev–Trinajstić information content (AvgIpc) is 2.97. The van der Waals surface area contributed by atoms with Crippen LogP contribution in [0.1, 0.15) is 17.4 Å². The molecule has 0 fully saturated rings. The molecule has 0 saturated carbocycles. The van der Waals surface area contributed by atoms with E-state index in [2.05, 4.69) is 15.0 Å². The lowest BCUT2D eigenvalue weighted by atomic mass is 10.2. The highest BCUT2D eigenvalue weighted by molar-refractivity contribution is 7.13. The maximum Gasteiger partial charge on any atom is 0.328 e. The standard InChI is InChI=1S/C14H13ClN2O3S/c1-8(14(19)20-2)16-12(18)11-7-21-13(17-11)9-3-5-10(15)6-4-9/h3-8H,1-2H3,(H,16,18)/t8-/m0/s1. The number of benzene rings is 1. The van der Waals surface area contributed by atoms with Gasteiger partial charge in [0.15, 0.2) is 0 Å². The fraction of sp³-hybridized carbons (Fsp3) is 0.214. The van der Waals surface area contributed by atoms with Crippen LogP contribution in [0.3, 0.4) is 0 Å². The van der Waals surface area contributed by atoms with Crippen molar-refractivity contribution in [2.75, 3.05) is 7.11 Å². The van der Waals surface area contributed by atoms with Crippen molar-refractivity contribution in [3.63, 3.8) is 0 Å². The Morgan fingerprint density at radius 1 is 1.33 bits per heavy atom. The number of methoxy groups -OCH3 is 1. The number of halogens is 1. The Morgan fingerprint density at radius 2 is 2.00 bits per heavy atom. The van der Waals surface area contributed by atoms with Crippen LogP contribution in [-0.4, -0.2) is 30.0 Å². The Balaban J connectivity index is 2.10. The monoisotopic (exact) mass is 324 g/mol. The van der Waals surface area contributed by atoms with Gasteiger partial charge in [-0.05, 0) is 19.1 Å². The second-order valence-electron chi connectivity index (χ2n) is 4.26. The van der Waals surface area contributed by atoms with Crippen LogP contribution in [0.15, 0.2) is 29.6 Å². The van der Waals surface area contributed by atoms with Gasteiger partial charge in [0.2, 0.25) is 0 Å². The minimum atomic E-state index is -0.719. The Morgan fingerprint density at radius 3 is 2.62 bits per heavy atom. The first-order valence-corrected chi connectivity index (χ1v) is 7.37. The molecule has 0 saturated heterocycles. The lowest BCUT2D eigenvalue weighted by Crippen LogP contribution is -2.39. The highest BCUT2D eigenvalue weighted by Crippen LogP contribution is 2.25. The molecule has 0 aliphatic heterocycles. The van der Waals surface area contributed by atoms with Crippen molar-refractivity contribution >= 4 is 34.8 Å². The molecule has 1 N–H and O–H groups in total. The number of aromatic nitrogens is 1. The van der Waals surface area contributed by atoms with E-state index in [1.807, 2.05) is 12.1 Å². The maximum absolute atomic E-state index is 12.0. The summed E-state index contributed by atoms with van der Waals surface area (Å²) in [6.07, 6.45) is 0. The van der Waals surface area contributed by atoms with Crippen LogP contribution < -0.4 is 5.32 Å². The summed E-state index contributed by atoms with van der Waals surface area (Å²) in [5.41, 5.74) is 1.14. The van der Waals surface area contributed by atoms with Gasteiger partial charge in [-0.3, -0.25) is 4.79 Å². The zero-order valence-corrected chi connectivity index (χ0v) is 13.0. The van der Waals surface area contributed by atoms with Crippen molar-refractivity contribution in [1.29, 1.82) is 0 Å². The summed E-state index contributed by atoms with van der Waals surface area (Å²) in [6, 6.07) is 6.47. The third-order valence-corrected chi connectivity index (χ3v) is 3.87. The van der Waals surface area contributed by atoms with E-state index >= 15 is 0 Å². The summed E-state index contributed by atoms with van der Waals surface area (Å²) in [7, 11) is 1.27. The van der Waals surface area contributed by atoms with E-state index in [-0.39, 0.29) is 5.69 Å². The van der Waals surface area contributed by atoms with Gasteiger partial charge in [-0.2, -0.15) is 0 Å². The first-order valence-electron chi connectivity index (χ1n) is 6.11. The number of thiazole rings is 1. The fourth-order valence-electron chi connectivity index (χ4n) is 1.61. The lowest BCUT2D eigenvalue weighted by Gasteiger charge is -2.09. The van der Waals surface area contributed by atoms with Crippen molar-refractivity contribution in [3.05, 3.63) is 40.4 Å². The Hall–Kier alpha value is -1.92. The van der Waals surface area contributed by atoms with Gasteiger partial charge in [-0.1, -0.05) is 23.7 Å². The predicted molar refractivity (Wildman–Crippen MR) is 81.5 cm³/mol. The number of carbonyl (C=O) groups excluding carboxylic acids is 2. The number of ether oxygens (including phenoxy) is 1. The second kappa shape index (κ2) is 6.69. The first-order chi connectivity index (χ1) is 10.0. The molecule has 0 spiro atoms. The summed E-state index contributed by atoms with van der Waals surface area (Å²) >= 11 is 7.18. The van der Waals surface area contributed by atoms with E-state index in [1.54, 1.807) is 24.4 Å². The van der Waals surface area contributed by atoms with Crippen molar-refractivity contribution in [2.24, 2.45) is 0 Å². The summed E-state index contributed by atoms with van der Waals surface area (Å²) in [4.78, 5) is 27.5. The normalized spacial score (nSPS) is 11.8. The summed E-state index contributed by atoms with van der Waals surface area (Å²) < 4.78 is 4.55. The molecular weight excluding hydrogens is 312 g/mol. The minimum Gasteiger partial charge on any atom is -0.467 e. The lowest BCUT2D eigenvalue weighted by molar-refractivity contribution is -0.142. The molecule has 1 amide bonds. The number of amides is 1. The zero-order chi connectivity index (χ0) is 15.4. The van der Waals surface area contributed by atoms with Crippen LogP contribution in [-0.2, 0) is 9.53 Å². The van der Waals surface area contributed by atoms with Gasteiger partial charge >= 0.3 is 5.97 Å². The highest BCUT2D eigenvalue weighted by atomic mass is 35.5. The number of hydrogen-bond acceptors (Lipinski definition) is 5. The molecule has 1 heterocycles. The average molecular weight is 325 g/mol. The van der Waals surface area contributed by atoms with Gasteiger partial charge < -0.3 is 10.1 Å². The van der Waals surface area contributed by atoms with Gasteiger partial charge in [0.1, 0.15) is 16.7 Å². The number of esters is 1. The summed E-state index contributed by atoms with van der Waals surface area (Å²) in [5.74, 6) is -0.916. The van der Waals surface area contributed by atoms with Crippen LogP contribution in [0.25, 0.3) is 10.6 Å². The predicted octanol–water partition coefficient (Wildman–Crippen LogP) is 2.75. The summed E-state index contributed by atoms with van der Waals surface area (Å²) in [6.45, 7) is 1.55. The number of carbonyl (C=O) groups is 2. The second-order valence-corrected chi connectivity index (χ2v) is 5.56. The third kappa shape index (κ3) is 3.80. The van der Waals surface area contributed by atoms with Crippen LogP contribution >= 0.6 is 22.9 Å². The zero-order valence-electron chi connectivity index (χ0n) is 11.4. The van der Waals surface area contributed by atoms with Crippen LogP contribution in [0.5, 0.6) is 0 Å². The number of rotatable bonds is 4. The number of nitrogens with zero attached hydrogens (tertiary/aromatic N) is 1. The van der Waals surface area contributed by atoms with Crippen LogP contribution in [0.2, 0.25) is 5.02 Å². The molecule has 0 aliphatic rings. The molecule has 2 aromatic rings. The maximum atomic E-state index is 12.0. The van der Waals surface area contributed by atoms with Gasteiger partial charge in [0.25, 0.3) is 5.91 Å². The topological polar surface area (TPSA) is 68.3 Å². The molecule has 110 valence electrons. The van der Waals surface area contributed by atoms with Gasteiger partial charge in [0.05, 0.1) is 7.11 Å². The quantitative estimate of drug-likeness (QED) is 0.878. The Kier molecular flexibility index (Phi) is 4.93. The molecular formula is C14H13ClN2O3S. The number of nitrogens with one attached hydrogen (secondary N) is 1. The molecule has 0 aliphatic carbocycles. The molecule has 1 atom stereocenters. The molecule has 1 aromatic heterocycles. The van der Waals surface area contributed by atoms with E-state index < -0.39 is 17.9 Å². The van der Waals surface area contributed by atoms with E-state index in [1.165, 1.54) is 18.4 Å². The van der Waals surface area contributed by atoms with Crippen molar-refractivity contribution < 1.29 is 14.3 Å². The molecule has 21 heavy (non-hydrogen) atoms. The van der Waals surface area contributed by atoms with Crippen LogP contribution in [0, 0.1) is 0 Å².